The third kappa shape index (κ3) is 1.70. The molecule has 1 aliphatic heterocycles. The highest BCUT2D eigenvalue weighted by atomic mass is 16.5. The van der Waals surface area contributed by atoms with E-state index in [2.05, 4.69) is 4.74 Å². The van der Waals surface area contributed by atoms with Crippen molar-refractivity contribution in [3.63, 3.8) is 0 Å². The van der Waals surface area contributed by atoms with E-state index >= 15 is 0 Å². The lowest BCUT2D eigenvalue weighted by Crippen LogP contribution is -2.34. The predicted molar refractivity (Wildman–Crippen MR) is 41.0 cm³/mol. The molecule has 0 saturated carbocycles. The van der Waals surface area contributed by atoms with Crippen LogP contribution < -0.4 is 5.73 Å². The zero-order valence-electron chi connectivity index (χ0n) is 6.91. The van der Waals surface area contributed by atoms with Gasteiger partial charge in [0, 0.05) is 19.1 Å². The molecule has 0 aromatic rings. The number of methoxy groups -OCH3 is 1. The Morgan fingerprint density at radius 2 is 2.27 bits per heavy atom. The van der Waals surface area contributed by atoms with Gasteiger partial charge in [0.25, 0.3) is 0 Å². The zero-order chi connectivity index (χ0) is 8.43. The van der Waals surface area contributed by atoms with Gasteiger partial charge < -0.3 is 15.4 Å². The van der Waals surface area contributed by atoms with Crippen LogP contribution in [-0.2, 0) is 9.53 Å². The number of carbonyl (C=O) groups excluding carboxylic acids is 1. The molecule has 11 heavy (non-hydrogen) atoms. The highest BCUT2D eigenvalue weighted by molar-refractivity contribution is 5.73. The van der Waals surface area contributed by atoms with Gasteiger partial charge in [0.2, 0.25) is 0 Å². The third-order valence-electron chi connectivity index (χ3n) is 2.05. The third-order valence-corrected chi connectivity index (χ3v) is 2.05. The molecule has 2 N–H and O–H groups in total. The Morgan fingerprint density at radius 1 is 1.64 bits per heavy atom. The molecular weight excluding hydrogens is 144 g/mol. The number of likely N-dealkylation sites (tertiary alicyclic amines) is 1. The van der Waals surface area contributed by atoms with Gasteiger partial charge in [0.05, 0.1) is 13.0 Å². The van der Waals surface area contributed by atoms with Gasteiger partial charge in [0.1, 0.15) is 0 Å². The van der Waals surface area contributed by atoms with Crippen LogP contribution in [0.15, 0.2) is 0 Å². The minimum absolute atomic E-state index is 0.0625. The number of nitrogens with two attached hydrogens (primary N) is 1. The molecule has 0 aromatic carbocycles. The van der Waals surface area contributed by atoms with Gasteiger partial charge in [-0.15, -0.1) is 0 Å². The lowest BCUT2D eigenvalue weighted by Gasteiger charge is -2.10. The van der Waals surface area contributed by atoms with E-state index in [1.54, 1.807) is 0 Å². The summed E-state index contributed by atoms with van der Waals surface area (Å²) in [4.78, 5) is 13.1. The molecule has 0 spiro atoms. The summed E-state index contributed by atoms with van der Waals surface area (Å²) in [5.74, 6) is -0.327. The molecular formula is C7H14N2O2. The van der Waals surface area contributed by atoms with E-state index in [1.165, 1.54) is 7.11 Å². The Balaban J connectivity index is 2.52. The standard InChI is InChI=1S/C7H14N2O2/c1-9-3-5(6(8)4-9)7(10)11-2/h5-6H,3-4,8H2,1-2H3/t5-,6+/m1/s1. The van der Waals surface area contributed by atoms with Crippen LogP contribution in [-0.4, -0.2) is 44.2 Å². The van der Waals surface area contributed by atoms with Crippen molar-refractivity contribution in [2.45, 2.75) is 6.04 Å². The molecule has 1 fully saturated rings. The lowest BCUT2D eigenvalue weighted by atomic mass is 10.1. The summed E-state index contributed by atoms with van der Waals surface area (Å²) in [7, 11) is 3.34. The number of rotatable bonds is 1. The molecule has 4 nitrogen and oxygen atoms in total. The van der Waals surface area contributed by atoms with Crippen molar-refractivity contribution in [1.82, 2.24) is 4.90 Å². The topological polar surface area (TPSA) is 55.6 Å². The van der Waals surface area contributed by atoms with Crippen molar-refractivity contribution in [1.29, 1.82) is 0 Å². The fraction of sp³-hybridized carbons (Fsp3) is 0.857. The lowest BCUT2D eigenvalue weighted by molar-refractivity contribution is -0.145. The summed E-state index contributed by atoms with van der Waals surface area (Å²) in [6, 6.07) is -0.0625. The quantitative estimate of drug-likeness (QED) is 0.500. The molecule has 1 rings (SSSR count). The maximum absolute atomic E-state index is 11.0. The first-order valence-electron chi connectivity index (χ1n) is 3.67. The molecule has 0 radical (unpaired) electrons. The molecule has 4 heteroatoms. The van der Waals surface area contributed by atoms with E-state index in [4.69, 9.17) is 5.73 Å². The van der Waals surface area contributed by atoms with Crippen molar-refractivity contribution in [3.05, 3.63) is 0 Å². The Kier molecular flexibility index (Phi) is 2.46. The van der Waals surface area contributed by atoms with Crippen molar-refractivity contribution in [3.8, 4) is 0 Å². The van der Waals surface area contributed by atoms with E-state index in [0.717, 1.165) is 6.54 Å². The highest BCUT2D eigenvalue weighted by Crippen LogP contribution is 2.14. The number of ether oxygens (including phenoxy) is 1. The number of likely N-dealkylation sites (N-methyl/N-ethyl adjacent to an activating group) is 1. The number of nitrogens with zero attached hydrogens (tertiary/aromatic N) is 1. The summed E-state index contributed by atoms with van der Waals surface area (Å²) in [5, 5.41) is 0. The van der Waals surface area contributed by atoms with E-state index in [1.807, 2.05) is 11.9 Å². The SMILES string of the molecule is COC(=O)[C@@H]1CN(C)C[C@@H]1N. The predicted octanol–water partition coefficient (Wildman–Crippen LogP) is -0.952. The number of esters is 1. The Bertz CT molecular complexity index is 161. The van der Waals surface area contributed by atoms with Crippen LogP contribution in [0.3, 0.4) is 0 Å². The maximum atomic E-state index is 11.0. The van der Waals surface area contributed by atoms with Gasteiger partial charge >= 0.3 is 5.97 Å². The summed E-state index contributed by atoms with van der Waals surface area (Å²) >= 11 is 0. The molecule has 1 heterocycles. The Morgan fingerprint density at radius 3 is 2.64 bits per heavy atom. The van der Waals surface area contributed by atoms with E-state index in [9.17, 15) is 4.79 Å². The van der Waals surface area contributed by atoms with Crippen LogP contribution in [0.25, 0.3) is 0 Å². The summed E-state index contributed by atoms with van der Waals surface area (Å²) in [6.07, 6.45) is 0. The minimum atomic E-state index is -0.193. The second-order valence-electron chi connectivity index (χ2n) is 3.01. The molecule has 1 aliphatic rings. The number of hydrogen-bond acceptors (Lipinski definition) is 4. The summed E-state index contributed by atoms with van der Waals surface area (Å²) < 4.78 is 4.61. The molecule has 1 saturated heterocycles. The van der Waals surface area contributed by atoms with E-state index in [0.29, 0.717) is 6.54 Å². The average molecular weight is 158 g/mol. The van der Waals surface area contributed by atoms with Crippen LogP contribution in [0.5, 0.6) is 0 Å². The normalized spacial score (nSPS) is 32.3. The first kappa shape index (κ1) is 8.49. The Labute approximate surface area is 66.3 Å². The minimum Gasteiger partial charge on any atom is -0.469 e. The fourth-order valence-electron chi connectivity index (χ4n) is 1.43. The Hall–Kier alpha value is -0.610. The van der Waals surface area contributed by atoms with Crippen LogP contribution in [0.4, 0.5) is 0 Å². The van der Waals surface area contributed by atoms with Gasteiger partial charge in [-0.1, -0.05) is 0 Å². The molecule has 0 aliphatic carbocycles. The van der Waals surface area contributed by atoms with Crippen LogP contribution in [0.1, 0.15) is 0 Å². The smallest absolute Gasteiger partial charge is 0.311 e. The average Bonchev–Trinajstić information content (AvgIpc) is 2.28. The molecule has 0 aromatic heterocycles. The first-order chi connectivity index (χ1) is 5.15. The molecule has 0 bridgehead atoms. The largest absolute Gasteiger partial charge is 0.469 e. The van der Waals surface area contributed by atoms with Gasteiger partial charge in [0.15, 0.2) is 0 Å². The molecule has 2 atom stereocenters. The van der Waals surface area contributed by atoms with Gasteiger partial charge in [-0.25, -0.2) is 0 Å². The van der Waals surface area contributed by atoms with Gasteiger partial charge in [-0.2, -0.15) is 0 Å². The maximum Gasteiger partial charge on any atom is 0.311 e. The molecule has 64 valence electrons. The molecule has 0 amide bonds. The monoisotopic (exact) mass is 158 g/mol. The second kappa shape index (κ2) is 3.19. The van der Waals surface area contributed by atoms with Crippen molar-refractivity contribution in [2.75, 3.05) is 27.2 Å². The second-order valence-corrected chi connectivity index (χ2v) is 3.01. The highest BCUT2D eigenvalue weighted by Gasteiger charge is 2.34. The fourth-order valence-corrected chi connectivity index (χ4v) is 1.43. The zero-order valence-corrected chi connectivity index (χ0v) is 6.91. The van der Waals surface area contributed by atoms with Crippen LogP contribution in [0.2, 0.25) is 0 Å². The first-order valence-corrected chi connectivity index (χ1v) is 3.67. The van der Waals surface area contributed by atoms with Crippen LogP contribution in [0, 0.1) is 5.92 Å². The van der Waals surface area contributed by atoms with E-state index < -0.39 is 0 Å². The van der Waals surface area contributed by atoms with Gasteiger partial charge in [-0.05, 0) is 7.05 Å². The molecule has 0 unspecified atom stereocenters. The van der Waals surface area contributed by atoms with Crippen LogP contribution >= 0.6 is 0 Å². The van der Waals surface area contributed by atoms with Crippen molar-refractivity contribution < 1.29 is 9.53 Å². The summed E-state index contributed by atoms with van der Waals surface area (Å²) in [5.41, 5.74) is 5.70. The summed E-state index contributed by atoms with van der Waals surface area (Å²) in [6.45, 7) is 1.49. The van der Waals surface area contributed by atoms with Crippen molar-refractivity contribution in [2.24, 2.45) is 11.7 Å². The number of carbonyl (C=O) groups is 1. The van der Waals surface area contributed by atoms with E-state index in [-0.39, 0.29) is 17.9 Å². The number of hydrogen-bond donors (Lipinski definition) is 1. The van der Waals surface area contributed by atoms with Gasteiger partial charge in [-0.3, -0.25) is 4.79 Å². The van der Waals surface area contributed by atoms with Crippen molar-refractivity contribution >= 4 is 5.97 Å².